The van der Waals surface area contributed by atoms with Gasteiger partial charge in [-0.3, -0.25) is 4.79 Å². The summed E-state index contributed by atoms with van der Waals surface area (Å²) in [5.74, 6) is 0.218. The van der Waals surface area contributed by atoms with Gasteiger partial charge in [0.2, 0.25) is 0 Å². The van der Waals surface area contributed by atoms with Crippen molar-refractivity contribution in [3.8, 4) is 11.5 Å². The summed E-state index contributed by atoms with van der Waals surface area (Å²) in [7, 11) is -5.82. The zero-order chi connectivity index (χ0) is 66.8. The van der Waals surface area contributed by atoms with Crippen molar-refractivity contribution in [1.82, 2.24) is 41.4 Å². The van der Waals surface area contributed by atoms with E-state index in [0.717, 1.165) is 94.9 Å². The fourth-order valence-electron chi connectivity index (χ4n) is 11.8. The standard InChI is InChI=1S/C25H27N5O3S.C23H21F3N2O4S.C20H20FN3O2S/c1-25(2,3)24(31)30-22-8-7-19(14-18(22)15-27-30)34(32,33)29-16-21(17-9-12-28(4)13-10-17)20-6-5-11-26-23(20)29;1-27-8-6-15(7-9-27)19-14-28(20-4-2-16(12-18(19)20)23(24,25)26)33(29,30)17-3-5-21-22(13-17)32-11-10-31-21;1-23-10-8-14(9-11-23)19-13-24(20-7-2-15(21)12-18(19)20)27(25,26)17-5-3-16(22)4-6-17/h5-9,11,14-16H,10,12-13H2,1-4H3;2-6,12-14H,7-11H2,1H3;2-8,12-13H,9-11,22H2,1H3. The van der Waals surface area contributed by atoms with Crippen LogP contribution in [0.1, 0.15) is 67.1 Å². The second kappa shape index (κ2) is 25.1. The highest BCUT2D eigenvalue weighted by Crippen LogP contribution is 2.41. The lowest BCUT2D eigenvalue weighted by atomic mass is 9.96. The maximum Gasteiger partial charge on any atom is 0.416 e. The molecule has 0 saturated carbocycles. The number of hydrogen-bond acceptors (Lipinski definition) is 15. The van der Waals surface area contributed by atoms with Gasteiger partial charge in [0.1, 0.15) is 19.0 Å². The summed E-state index contributed by atoms with van der Waals surface area (Å²) in [6.07, 6.45) is 11.7. The number of halogens is 4. The molecule has 94 heavy (non-hydrogen) atoms. The zero-order valence-corrected chi connectivity index (χ0v) is 54.8. The first-order chi connectivity index (χ1) is 44.6. The maximum atomic E-state index is 13.9. The van der Waals surface area contributed by atoms with Crippen molar-refractivity contribution in [1.29, 1.82) is 0 Å². The van der Waals surface area contributed by atoms with Crippen LogP contribution in [-0.4, -0.2) is 146 Å². The number of anilines is 1. The minimum Gasteiger partial charge on any atom is -0.486 e. The smallest absolute Gasteiger partial charge is 0.416 e. The molecule has 5 aromatic carbocycles. The number of aromatic nitrogens is 6. The summed E-state index contributed by atoms with van der Waals surface area (Å²) in [6, 6.07) is 26.2. The normalized spacial score (nSPS) is 16.3. The van der Waals surface area contributed by atoms with E-state index in [1.807, 2.05) is 53.1 Å². The minimum absolute atomic E-state index is 0.0348. The van der Waals surface area contributed by atoms with Gasteiger partial charge in [0.15, 0.2) is 17.1 Å². The van der Waals surface area contributed by atoms with Crippen LogP contribution in [0, 0.1) is 11.2 Å². The number of likely N-dealkylation sites (N-methyl/N-ethyl adjacent to an activating group) is 3. The van der Waals surface area contributed by atoms with E-state index in [-0.39, 0.29) is 37.3 Å². The Morgan fingerprint density at radius 2 is 1.04 bits per heavy atom. The molecule has 9 heterocycles. The summed E-state index contributed by atoms with van der Waals surface area (Å²) in [4.78, 5) is 23.8. The summed E-state index contributed by atoms with van der Waals surface area (Å²) >= 11 is 0. The highest BCUT2D eigenvalue weighted by Gasteiger charge is 2.34. The molecule has 2 N–H and O–H groups in total. The Kier molecular flexibility index (Phi) is 17.4. The molecule has 4 aliphatic heterocycles. The van der Waals surface area contributed by atoms with E-state index < -0.39 is 47.2 Å². The summed E-state index contributed by atoms with van der Waals surface area (Å²) in [6.45, 7) is 10.9. The van der Waals surface area contributed by atoms with Crippen LogP contribution in [0.5, 0.6) is 11.5 Å². The van der Waals surface area contributed by atoms with Gasteiger partial charge in [0, 0.05) is 119 Å². The van der Waals surface area contributed by atoms with Crippen molar-refractivity contribution in [2.75, 3.05) is 79.4 Å². The van der Waals surface area contributed by atoms with Crippen molar-refractivity contribution in [2.24, 2.45) is 5.41 Å². The molecule has 19 nitrogen and oxygen atoms in total. The van der Waals surface area contributed by atoms with Gasteiger partial charge in [0.05, 0.1) is 43.0 Å². The largest absolute Gasteiger partial charge is 0.486 e. The average molecular weight is 1340 g/mol. The Morgan fingerprint density at radius 3 is 1.61 bits per heavy atom. The monoisotopic (exact) mass is 1340 g/mol. The highest BCUT2D eigenvalue weighted by molar-refractivity contribution is 7.90. The lowest BCUT2D eigenvalue weighted by Crippen LogP contribution is -2.27. The van der Waals surface area contributed by atoms with Crippen LogP contribution in [0.4, 0.5) is 23.2 Å². The van der Waals surface area contributed by atoms with E-state index in [9.17, 15) is 47.6 Å². The second-order valence-electron chi connectivity index (χ2n) is 24.7. The maximum absolute atomic E-state index is 13.9. The first-order valence-corrected chi connectivity index (χ1v) is 34.6. The molecule has 490 valence electrons. The number of pyridine rings is 1. The summed E-state index contributed by atoms with van der Waals surface area (Å²) in [5, 5.41) is 6.47. The molecule has 0 spiro atoms. The first kappa shape index (κ1) is 65.2. The Hall–Kier alpha value is -8.92. The van der Waals surface area contributed by atoms with Crippen LogP contribution in [0.15, 0.2) is 173 Å². The molecule has 26 heteroatoms. The lowest BCUT2D eigenvalue weighted by Gasteiger charge is -2.21. The Morgan fingerprint density at radius 1 is 0.553 bits per heavy atom. The third kappa shape index (κ3) is 12.7. The number of fused-ring (bicyclic) bond motifs is 5. The molecule has 0 atom stereocenters. The molecular formula is C68H68F4N10O9S3. The molecular weight excluding hydrogens is 1270 g/mol. The molecule has 0 saturated heterocycles. The lowest BCUT2D eigenvalue weighted by molar-refractivity contribution is -0.137. The zero-order valence-electron chi connectivity index (χ0n) is 52.3. The van der Waals surface area contributed by atoms with E-state index in [1.165, 1.54) is 85.7 Å². The molecule has 0 unspecified atom stereocenters. The highest BCUT2D eigenvalue weighted by atomic mass is 32.2. The summed E-state index contributed by atoms with van der Waals surface area (Å²) in [5.41, 5.74) is 11.5. The van der Waals surface area contributed by atoms with E-state index in [2.05, 4.69) is 44.0 Å². The molecule has 10 aromatic rings. The Labute approximate surface area is 541 Å². The van der Waals surface area contributed by atoms with Gasteiger partial charge in [-0.2, -0.15) is 23.0 Å². The van der Waals surface area contributed by atoms with E-state index >= 15 is 0 Å². The molecule has 4 aliphatic rings. The van der Waals surface area contributed by atoms with Gasteiger partial charge in [-0.05, 0) is 160 Å². The van der Waals surface area contributed by atoms with Crippen molar-refractivity contribution in [3.63, 3.8) is 0 Å². The van der Waals surface area contributed by atoms with E-state index in [1.54, 1.807) is 42.9 Å². The van der Waals surface area contributed by atoms with Crippen LogP contribution in [-0.2, 0) is 36.2 Å². The van der Waals surface area contributed by atoms with Crippen molar-refractivity contribution in [3.05, 3.63) is 186 Å². The number of rotatable bonds is 9. The molecule has 0 radical (unpaired) electrons. The van der Waals surface area contributed by atoms with Gasteiger partial charge in [-0.25, -0.2) is 46.5 Å². The van der Waals surface area contributed by atoms with Crippen LogP contribution < -0.4 is 15.2 Å². The number of nitrogen functional groups attached to an aromatic ring is 1. The first-order valence-electron chi connectivity index (χ1n) is 30.3. The van der Waals surface area contributed by atoms with Crippen LogP contribution in [0.3, 0.4) is 0 Å². The van der Waals surface area contributed by atoms with Crippen molar-refractivity contribution in [2.45, 2.75) is 60.9 Å². The van der Waals surface area contributed by atoms with Gasteiger partial charge in [-0.15, -0.1) is 0 Å². The second-order valence-corrected chi connectivity index (χ2v) is 30.2. The van der Waals surface area contributed by atoms with Gasteiger partial charge < -0.3 is 29.9 Å². The predicted molar refractivity (Wildman–Crippen MR) is 355 cm³/mol. The van der Waals surface area contributed by atoms with Gasteiger partial charge >= 0.3 is 6.18 Å². The SMILES string of the molecule is CN1CC=C(c2cn(S(=O)(=O)c3ccc(N)cc3)c3ccc(F)cc23)CC1.CN1CC=C(c2cn(S(=O)(=O)c3ccc4c(c3)OCCO4)c3ccc(C(F)(F)F)cc23)CC1.CN1CC=C(c2cn(S(=O)(=O)c3ccc4c(cnn4C(=O)C(C)(C)C)c3)c3ncccc23)CC1. The topological polar surface area (TPSA) is 219 Å². The number of ether oxygens (including phenoxy) is 2. The Balaban J connectivity index is 0.000000136. The average Bonchev–Trinajstić information content (AvgIpc) is 1.62. The van der Waals surface area contributed by atoms with Crippen molar-refractivity contribution < 1.29 is 57.1 Å². The van der Waals surface area contributed by atoms with Gasteiger partial charge in [0.25, 0.3) is 36.0 Å². The van der Waals surface area contributed by atoms with Crippen LogP contribution in [0.25, 0.3) is 60.5 Å². The number of carbonyl (C=O) groups is 1. The third-order valence-corrected chi connectivity index (χ3v) is 22.1. The number of carbonyl (C=O) groups excluding carboxylic acids is 1. The van der Waals surface area contributed by atoms with Crippen molar-refractivity contribution >= 4 is 102 Å². The fraction of sp³-hybridized carbons (Fsp3) is 0.279. The molecule has 0 fully saturated rings. The number of hydrogen-bond donors (Lipinski definition) is 1. The number of benzene rings is 5. The minimum atomic E-state index is -4.54. The molecule has 0 bridgehead atoms. The molecule has 0 aliphatic carbocycles. The predicted octanol–water partition coefficient (Wildman–Crippen LogP) is 11.7. The number of nitrogens with zero attached hydrogens (tertiary/aromatic N) is 9. The Bertz CT molecular complexity index is 5100. The summed E-state index contributed by atoms with van der Waals surface area (Å²) < 4.78 is 151. The van der Waals surface area contributed by atoms with Crippen LogP contribution >= 0.6 is 0 Å². The van der Waals surface area contributed by atoms with Crippen LogP contribution in [0.2, 0.25) is 0 Å². The van der Waals surface area contributed by atoms with E-state index in [0.29, 0.717) is 76.4 Å². The molecule has 14 rings (SSSR count). The fourth-order valence-corrected chi connectivity index (χ4v) is 15.9. The van der Waals surface area contributed by atoms with Gasteiger partial charge in [-0.1, -0.05) is 39.0 Å². The van der Waals surface area contributed by atoms with E-state index in [4.69, 9.17) is 15.2 Å². The third-order valence-electron chi connectivity index (χ3n) is 17.1. The molecule has 0 amide bonds. The number of nitrogens with two attached hydrogens (primary N) is 1. The number of alkyl halides is 3. The molecule has 5 aromatic heterocycles. The quantitative estimate of drug-likeness (QED) is 0.105.